The summed E-state index contributed by atoms with van der Waals surface area (Å²) in [7, 11) is -3.82. The van der Waals surface area contributed by atoms with E-state index >= 15 is 0 Å². The molecule has 0 amide bonds. The van der Waals surface area contributed by atoms with Crippen LogP contribution in [-0.4, -0.2) is 46.2 Å². The van der Waals surface area contributed by atoms with Crippen LogP contribution in [-0.2, 0) is 14.8 Å². The first-order valence-electron chi connectivity index (χ1n) is 8.70. The molecule has 1 N–H and O–H groups in total. The largest absolute Gasteiger partial charge is 0.379 e. The highest BCUT2D eigenvalue weighted by Crippen LogP contribution is 2.23. The molecule has 2 aromatic carbocycles. The van der Waals surface area contributed by atoms with Crippen LogP contribution in [0, 0.1) is 18.6 Å². The molecule has 2 aromatic rings. The number of ether oxygens (including phenoxy) is 1. The van der Waals surface area contributed by atoms with Crippen molar-refractivity contribution in [3.63, 3.8) is 0 Å². The van der Waals surface area contributed by atoms with Gasteiger partial charge in [-0.3, -0.25) is 4.90 Å². The number of hydrogen-bond donors (Lipinski definition) is 1. The Morgan fingerprint density at radius 1 is 1.15 bits per heavy atom. The van der Waals surface area contributed by atoms with Crippen LogP contribution in [0.5, 0.6) is 0 Å². The number of hydrogen-bond acceptors (Lipinski definition) is 4. The monoisotopic (exact) mass is 396 g/mol. The summed E-state index contributed by atoms with van der Waals surface area (Å²) in [5.41, 5.74) is 0.947. The second kappa shape index (κ2) is 8.43. The lowest BCUT2D eigenvalue weighted by Gasteiger charge is -2.34. The van der Waals surface area contributed by atoms with Gasteiger partial charge in [-0.05, 0) is 48.4 Å². The zero-order valence-electron chi connectivity index (χ0n) is 15.0. The molecule has 0 aromatic heterocycles. The molecule has 0 radical (unpaired) electrons. The van der Waals surface area contributed by atoms with Gasteiger partial charge >= 0.3 is 0 Å². The van der Waals surface area contributed by atoms with E-state index in [2.05, 4.69) is 9.62 Å². The first kappa shape index (κ1) is 19.9. The van der Waals surface area contributed by atoms with Gasteiger partial charge in [0.15, 0.2) is 0 Å². The molecule has 1 aliphatic rings. The van der Waals surface area contributed by atoms with Crippen molar-refractivity contribution in [2.45, 2.75) is 17.9 Å². The molecular weight excluding hydrogens is 374 g/mol. The summed E-state index contributed by atoms with van der Waals surface area (Å²) in [5.74, 6) is -0.831. The highest BCUT2D eigenvalue weighted by atomic mass is 32.2. The molecule has 1 aliphatic heterocycles. The fraction of sp³-hybridized carbons (Fsp3) is 0.368. The van der Waals surface area contributed by atoms with Crippen molar-refractivity contribution in [2.24, 2.45) is 0 Å². The highest BCUT2D eigenvalue weighted by molar-refractivity contribution is 7.89. The lowest BCUT2D eigenvalue weighted by molar-refractivity contribution is 0.0171. The Balaban J connectivity index is 1.82. The van der Waals surface area contributed by atoms with Crippen LogP contribution in [0.3, 0.4) is 0 Å². The maximum absolute atomic E-state index is 13.7. The minimum atomic E-state index is -3.82. The number of rotatable bonds is 6. The van der Waals surface area contributed by atoms with Gasteiger partial charge in [0.05, 0.1) is 18.1 Å². The quantitative estimate of drug-likeness (QED) is 0.816. The molecule has 1 heterocycles. The van der Waals surface area contributed by atoms with Crippen molar-refractivity contribution in [3.8, 4) is 0 Å². The molecule has 146 valence electrons. The Kier molecular flexibility index (Phi) is 6.21. The average molecular weight is 396 g/mol. The third-order valence-electron chi connectivity index (χ3n) is 4.63. The summed E-state index contributed by atoms with van der Waals surface area (Å²) in [4.78, 5) is 2.07. The Hall–Kier alpha value is -1.87. The summed E-state index contributed by atoms with van der Waals surface area (Å²) in [5, 5.41) is 0. The first-order chi connectivity index (χ1) is 12.9. The molecule has 0 spiro atoms. The highest BCUT2D eigenvalue weighted by Gasteiger charge is 2.25. The molecule has 1 fully saturated rings. The van der Waals surface area contributed by atoms with Gasteiger partial charge in [0.1, 0.15) is 11.6 Å². The fourth-order valence-corrected chi connectivity index (χ4v) is 4.24. The summed E-state index contributed by atoms with van der Waals surface area (Å²) < 4.78 is 60.3. The van der Waals surface area contributed by atoms with Crippen LogP contribution in [0.25, 0.3) is 0 Å². The predicted octanol–water partition coefficient (Wildman–Crippen LogP) is 2.63. The lowest BCUT2D eigenvalue weighted by atomic mass is 10.0. The van der Waals surface area contributed by atoms with Gasteiger partial charge in [0, 0.05) is 25.7 Å². The van der Waals surface area contributed by atoms with Crippen LogP contribution in [0.15, 0.2) is 47.4 Å². The predicted molar refractivity (Wildman–Crippen MR) is 97.9 cm³/mol. The maximum atomic E-state index is 13.7. The minimum absolute atomic E-state index is 0.00127. The van der Waals surface area contributed by atoms with E-state index in [-0.39, 0.29) is 28.9 Å². The zero-order valence-corrected chi connectivity index (χ0v) is 15.8. The Labute approximate surface area is 158 Å². The first-order valence-corrected chi connectivity index (χ1v) is 10.2. The van der Waals surface area contributed by atoms with E-state index in [1.54, 1.807) is 12.1 Å². The third kappa shape index (κ3) is 4.90. The van der Waals surface area contributed by atoms with E-state index in [1.807, 2.05) is 0 Å². The molecule has 1 unspecified atom stereocenters. The summed E-state index contributed by atoms with van der Waals surface area (Å²) in [6.45, 7) is 3.91. The van der Waals surface area contributed by atoms with Crippen molar-refractivity contribution in [2.75, 3.05) is 32.8 Å². The van der Waals surface area contributed by atoms with E-state index in [0.29, 0.717) is 31.9 Å². The smallest absolute Gasteiger partial charge is 0.240 e. The summed E-state index contributed by atoms with van der Waals surface area (Å²) in [6.07, 6.45) is 0. The van der Waals surface area contributed by atoms with E-state index in [1.165, 1.54) is 31.2 Å². The lowest BCUT2D eigenvalue weighted by Crippen LogP contribution is -2.43. The molecule has 27 heavy (non-hydrogen) atoms. The standard InChI is InChI=1S/C19H22F2N2O3S/c1-14-11-17(5-6-18(14)21)27(24,25)22-13-19(23-7-9-26-10-8-23)15-3-2-4-16(20)12-15/h2-6,11-12,19,22H,7-10,13H2,1H3. The average Bonchev–Trinajstić information content (AvgIpc) is 2.65. The van der Waals surface area contributed by atoms with Crippen molar-refractivity contribution >= 4 is 10.0 Å². The zero-order chi connectivity index (χ0) is 19.4. The Morgan fingerprint density at radius 3 is 2.56 bits per heavy atom. The normalized spacial score (nSPS) is 17.0. The van der Waals surface area contributed by atoms with E-state index in [4.69, 9.17) is 4.74 Å². The molecular formula is C19H22F2N2O3S. The van der Waals surface area contributed by atoms with E-state index in [0.717, 1.165) is 6.07 Å². The molecule has 1 atom stereocenters. The number of benzene rings is 2. The van der Waals surface area contributed by atoms with Gasteiger partial charge in [0.2, 0.25) is 10.0 Å². The van der Waals surface area contributed by atoms with Crippen LogP contribution >= 0.6 is 0 Å². The topological polar surface area (TPSA) is 58.6 Å². The second-order valence-corrected chi connectivity index (χ2v) is 8.25. The summed E-state index contributed by atoms with van der Waals surface area (Å²) >= 11 is 0. The second-order valence-electron chi connectivity index (χ2n) is 6.48. The number of aryl methyl sites for hydroxylation is 1. The van der Waals surface area contributed by atoms with Crippen molar-refractivity contribution in [1.82, 2.24) is 9.62 Å². The number of sulfonamides is 1. The van der Waals surface area contributed by atoms with E-state index in [9.17, 15) is 17.2 Å². The van der Waals surface area contributed by atoms with Crippen LogP contribution in [0.2, 0.25) is 0 Å². The van der Waals surface area contributed by atoms with Gasteiger partial charge in [-0.2, -0.15) is 0 Å². The minimum Gasteiger partial charge on any atom is -0.379 e. The molecule has 1 saturated heterocycles. The van der Waals surface area contributed by atoms with Crippen molar-refractivity contribution in [3.05, 3.63) is 65.2 Å². The maximum Gasteiger partial charge on any atom is 0.240 e. The fourth-order valence-electron chi connectivity index (χ4n) is 3.12. The molecule has 5 nitrogen and oxygen atoms in total. The van der Waals surface area contributed by atoms with Gasteiger partial charge in [-0.15, -0.1) is 0 Å². The SMILES string of the molecule is Cc1cc(S(=O)(=O)NCC(c2cccc(F)c2)N2CCOCC2)ccc1F. The van der Waals surface area contributed by atoms with Crippen LogP contribution in [0.1, 0.15) is 17.2 Å². The number of halogens is 2. The van der Waals surface area contributed by atoms with Crippen LogP contribution < -0.4 is 4.72 Å². The molecule has 8 heteroatoms. The number of nitrogens with zero attached hydrogens (tertiary/aromatic N) is 1. The third-order valence-corrected chi connectivity index (χ3v) is 6.05. The van der Waals surface area contributed by atoms with Gasteiger partial charge in [-0.25, -0.2) is 21.9 Å². The van der Waals surface area contributed by atoms with E-state index < -0.39 is 15.8 Å². The molecule has 0 bridgehead atoms. The van der Waals surface area contributed by atoms with Gasteiger partial charge in [-0.1, -0.05) is 12.1 Å². The van der Waals surface area contributed by atoms with Crippen molar-refractivity contribution < 1.29 is 21.9 Å². The summed E-state index contributed by atoms with van der Waals surface area (Å²) in [6, 6.07) is 9.48. The Morgan fingerprint density at radius 2 is 1.89 bits per heavy atom. The van der Waals surface area contributed by atoms with Crippen LogP contribution in [0.4, 0.5) is 8.78 Å². The van der Waals surface area contributed by atoms with Crippen molar-refractivity contribution in [1.29, 1.82) is 0 Å². The number of morpholine rings is 1. The van der Waals surface area contributed by atoms with Gasteiger partial charge in [0.25, 0.3) is 0 Å². The molecule has 3 rings (SSSR count). The number of nitrogens with one attached hydrogen (secondary N) is 1. The Bertz CT molecular complexity index is 900. The van der Waals surface area contributed by atoms with Gasteiger partial charge < -0.3 is 4.74 Å². The molecule has 0 saturated carbocycles. The molecule has 0 aliphatic carbocycles.